The van der Waals surface area contributed by atoms with Gasteiger partial charge in [-0.25, -0.2) is 0 Å². The standard InChI is InChI=1S/C14H19N3O2/c1-17(13(18)8-16-12-6-7-12)9-10-2-4-11(5-3-10)14(15)19/h2-5,12,16H,6-9H2,1H3,(H2,15,19). The number of carbonyl (C=O) groups is 2. The minimum absolute atomic E-state index is 0.0749. The lowest BCUT2D eigenvalue weighted by molar-refractivity contribution is -0.129. The van der Waals surface area contributed by atoms with E-state index in [1.807, 2.05) is 12.1 Å². The summed E-state index contributed by atoms with van der Waals surface area (Å²) in [4.78, 5) is 24.5. The number of nitrogens with one attached hydrogen (secondary N) is 1. The van der Waals surface area contributed by atoms with E-state index in [9.17, 15) is 9.59 Å². The SMILES string of the molecule is CN(Cc1ccc(C(N)=O)cc1)C(=O)CNC1CC1. The van der Waals surface area contributed by atoms with Crippen molar-refractivity contribution >= 4 is 11.8 Å². The maximum absolute atomic E-state index is 11.8. The van der Waals surface area contributed by atoms with Crippen molar-refractivity contribution in [2.45, 2.75) is 25.4 Å². The molecule has 1 aromatic rings. The van der Waals surface area contributed by atoms with Crippen molar-refractivity contribution in [1.29, 1.82) is 0 Å². The van der Waals surface area contributed by atoms with E-state index in [4.69, 9.17) is 5.73 Å². The lowest BCUT2D eigenvalue weighted by Crippen LogP contribution is -2.35. The number of hydrogen-bond donors (Lipinski definition) is 2. The molecule has 2 amide bonds. The van der Waals surface area contributed by atoms with Crippen LogP contribution in [0.5, 0.6) is 0 Å². The van der Waals surface area contributed by atoms with Crippen LogP contribution in [0.3, 0.4) is 0 Å². The Bertz CT molecular complexity index is 466. The van der Waals surface area contributed by atoms with Crippen molar-refractivity contribution in [3.63, 3.8) is 0 Å². The molecule has 1 aliphatic rings. The third kappa shape index (κ3) is 4.06. The Kier molecular flexibility index (Phi) is 4.16. The number of rotatable bonds is 6. The molecule has 0 heterocycles. The molecular formula is C14H19N3O2. The molecule has 0 atom stereocenters. The van der Waals surface area contributed by atoms with Crippen LogP contribution in [0.25, 0.3) is 0 Å². The number of primary amides is 1. The van der Waals surface area contributed by atoms with Gasteiger partial charge in [0.1, 0.15) is 0 Å². The van der Waals surface area contributed by atoms with E-state index in [1.54, 1.807) is 24.1 Å². The van der Waals surface area contributed by atoms with Gasteiger partial charge in [-0.2, -0.15) is 0 Å². The summed E-state index contributed by atoms with van der Waals surface area (Å²) in [5, 5.41) is 3.19. The minimum atomic E-state index is -0.440. The van der Waals surface area contributed by atoms with E-state index in [2.05, 4.69) is 5.32 Å². The predicted octanol–water partition coefficient (Wildman–Crippen LogP) is 0.496. The molecule has 3 N–H and O–H groups in total. The molecule has 1 aromatic carbocycles. The molecule has 0 saturated heterocycles. The highest BCUT2D eigenvalue weighted by Crippen LogP contribution is 2.18. The molecule has 0 unspecified atom stereocenters. The summed E-state index contributed by atoms with van der Waals surface area (Å²) in [6, 6.07) is 7.53. The van der Waals surface area contributed by atoms with Crippen LogP contribution in [0.15, 0.2) is 24.3 Å². The van der Waals surface area contributed by atoms with Crippen molar-refractivity contribution in [3.8, 4) is 0 Å². The lowest BCUT2D eigenvalue weighted by atomic mass is 10.1. The lowest BCUT2D eigenvalue weighted by Gasteiger charge is -2.17. The Morgan fingerprint density at radius 3 is 2.47 bits per heavy atom. The molecular weight excluding hydrogens is 242 g/mol. The molecule has 0 spiro atoms. The van der Waals surface area contributed by atoms with Crippen LogP contribution in [0.1, 0.15) is 28.8 Å². The van der Waals surface area contributed by atoms with Gasteiger partial charge in [-0.05, 0) is 30.5 Å². The first-order valence-electron chi connectivity index (χ1n) is 6.42. The van der Waals surface area contributed by atoms with Crippen molar-refractivity contribution in [3.05, 3.63) is 35.4 Å². The second kappa shape index (κ2) is 5.84. The molecule has 1 fully saturated rings. The Morgan fingerprint density at radius 1 is 1.32 bits per heavy atom. The summed E-state index contributed by atoms with van der Waals surface area (Å²) in [6.07, 6.45) is 2.34. The van der Waals surface area contributed by atoms with Crippen LogP contribution in [0.4, 0.5) is 0 Å². The van der Waals surface area contributed by atoms with Crippen LogP contribution >= 0.6 is 0 Å². The number of nitrogens with zero attached hydrogens (tertiary/aromatic N) is 1. The first-order chi connectivity index (χ1) is 9.06. The van der Waals surface area contributed by atoms with Crippen molar-refractivity contribution in [1.82, 2.24) is 10.2 Å². The second-order valence-corrected chi connectivity index (χ2v) is 4.97. The van der Waals surface area contributed by atoms with Crippen LogP contribution in [-0.2, 0) is 11.3 Å². The molecule has 1 aliphatic carbocycles. The zero-order chi connectivity index (χ0) is 13.8. The van der Waals surface area contributed by atoms with E-state index < -0.39 is 5.91 Å². The predicted molar refractivity (Wildman–Crippen MR) is 72.5 cm³/mol. The number of likely N-dealkylation sites (N-methyl/N-ethyl adjacent to an activating group) is 1. The van der Waals surface area contributed by atoms with Crippen molar-refractivity contribution in [2.75, 3.05) is 13.6 Å². The first kappa shape index (κ1) is 13.5. The van der Waals surface area contributed by atoms with Crippen LogP contribution in [0.2, 0.25) is 0 Å². The summed E-state index contributed by atoms with van der Waals surface area (Å²) in [7, 11) is 1.78. The van der Waals surface area contributed by atoms with Crippen LogP contribution in [0, 0.1) is 0 Å². The molecule has 19 heavy (non-hydrogen) atoms. The van der Waals surface area contributed by atoms with E-state index >= 15 is 0 Å². The first-order valence-corrected chi connectivity index (χ1v) is 6.42. The molecule has 1 saturated carbocycles. The highest BCUT2D eigenvalue weighted by molar-refractivity contribution is 5.92. The Hall–Kier alpha value is -1.88. The van der Waals surface area contributed by atoms with Gasteiger partial charge in [-0.1, -0.05) is 12.1 Å². The molecule has 5 nitrogen and oxygen atoms in total. The van der Waals surface area contributed by atoms with Gasteiger partial charge in [0, 0.05) is 25.2 Å². The van der Waals surface area contributed by atoms with Gasteiger partial charge in [0.05, 0.1) is 6.54 Å². The van der Waals surface area contributed by atoms with E-state index in [1.165, 1.54) is 12.8 Å². The Balaban J connectivity index is 1.84. The number of amides is 2. The Labute approximate surface area is 112 Å². The highest BCUT2D eigenvalue weighted by atomic mass is 16.2. The van der Waals surface area contributed by atoms with Gasteiger partial charge in [0.25, 0.3) is 0 Å². The molecule has 0 aliphatic heterocycles. The molecule has 2 rings (SSSR count). The number of hydrogen-bond acceptors (Lipinski definition) is 3. The van der Waals surface area contributed by atoms with Gasteiger partial charge in [0.15, 0.2) is 0 Å². The number of benzene rings is 1. The number of nitrogens with two attached hydrogens (primary N) is 1. The van der Waals surface area contributed by atoms with E-state index in [-0.39, 0.29) is 5.91 Å². The third-order valence-electron chi connectivity index (χ3n) is 3.20. The maximum atomic E-state index is 11.8. The van der Waals surface area contributed by atoms with Crippen LogP contribution in [-0.4, -0.2) is 36.3 Å². The summed E-state index contributed by atoms with van der Waals surface area (Å²) in [5.41, 5.74) is 6.63. The molecule has 0 bridgehead atoms. The van der Waals surface area contributed by atoms with Gasteiger partial charge in [-0.15, -0.1) is 0 Å². The average Bonchev–Trinajstić information content (AvgIpc) is 3.20. The zero-order valence-electron chi connectivity index (χ0n) is 11.1. The van der Waals surface area contributed by atoms with E-state index in [0.717, 1.165) is 5.56 Å². The van der Waals surface area contributed by atoms with Gasteiger partial charge in [-0.3, -0.25) is 9.59 Å². The summed E-state index contributed by atoms with van der Waals surface area (Å²) in [6.45, 7) is 0.921. The minimum Gasteiger partial charge on any atom is -0.366 e. The Morgan fingerprint density at radius 2 is 1.95 bits per heavy atom. The normalized spacial score (nSPS) is 14.2. The van der Waals surface area contributed by atoms with Crippen molar-refractivity contribution < 1.29 is 9.59 Å². The molecule has 5 heteroatoms. The smallest absolute Gasteiger partial charge is 0.248 e. The second-order valence-electron chi connectivity index (χ2n) is 4.97. The fourth-order valence-electron chi connectivity index (χ4n) is 1.79. The summed E-state index contributed by atoms with van der Waals surface area (Å²) < 4.78 is 0. The maximum Gasteiger partial charge on any atom is 0.248 e. The molecule has 102 valence electrons. The highest BCUT2D eigenvalue weighted by Gasteiger charge is 2.21. The summed E-state index contributed by atoms with van der Waals surface area (Å²) >= 11 is 0. The van der Waals surface area contributed by atoms with Gasteiger partial charge < -0.3 is 16.0 Å². The topological polar surface area (TPSA) is 75.4 Å². The van der Waals surface area contributed by atoms with Crippen LogP contribution < -0.4 is 11.1 Å². The average molecular weight is 261 g/mol. The fourth-order valence-corrected chi connectivity index (χ4v) is 1.79. The number of carbonyl (C=O) groups excluding carboxylic acids is 2. The molecule has 0 aromatic heterocycles. The van der Waals surface area contributed by atoms with Crippen molar-refractivity contribution in [2.24, 2.45) is 5.73 Å². The largest absolute Gasteiger partial charge is 0.366 e. The fraction of sp³-hybridized carbons (Fsp3) is 0.429. The zero-order valence-corrected chi connectivity index (χ0v) is 11.1. The quantitative estimate of drug-likeness (QED) is 0.783. The molecule has 0 radical (unpaired) electrons. The summed E-state index contributed by atoms with van der Waals surface area (Å²) in [5.74, 6) is -0.365. The van der Waals surface area contributed by atoms with Gasteiger partial charge in [0.2, 0.25) is 11.8 Å². The van der Waals surface area contributed by atoms with Gasteiger partial charge >= 0.3 is 0 Å². The van der Waals surface area contributed by atoms with E-state index in [0.29, 0.717) is 24.7 Å². The monoisotopic (exact) mass is 261 g/mol. The third-order valence-corrected chi connectivity index (χ3v) is 3.20.